The Morgan fingerprint density at radius 2 is 2.05 bits per heavy atom. The van der Waals surface area contributed by atoms with Gasteiger partial charge in [-0.2, -0.15) is 0 Å². The van der Waals surface area contributed by atoms with Gasteiger partial charge in [0.1, 0.15) is 11.6 Å². The van der Waals surface area contributed by atoms with E-state index in [2.05, 4.69) is 17.0 Å². The number of hydrogen-bond acceptors (Lipinski definition) is 3. The van der Waals surface area contributed by atoms with E-state index in [9.17, 15) is 4.79 Å². The number of amides is 1. The van der Waals surface area contributed by atoms with Crippen LogP contribution in [0.2, 0.25) is 0 Å². The first kappa shape index (κ1) is 14.2. The first-order valence-corrected chi connectivity index (χ1v) is 6.95. The third-order valence-corrected chi connectivity index (χ3v) is 3.61. The normalized spacial score (nSPS) is 16.4. The molecule has 1 aliphatic heterocycles. The Morgan fingerprint density at radius 1 is 1.32 bits per heavy atom. The fourth-order valence-corrected chi connectivity index (χ4v) is 2.44. The molecule has 19 heavy (non-hydrogen) atoms. The molecule has 104 valence electrons. The summed E-state index contributed by atoms with van der Waals surface area (Å²) in [4.78, 5) is 15.6. The summed E-state index contributed by atoms with van der Waals surface area (Å²) in [6, 6.07) is 8.09. The van der Waals surface area contributed by atoms with Crippen LogP contribution in [-0.4, -0.2) is 54.9 Å². The molecule has 2 rings (SSSR count). The SMILES string of the molecule is COc1cccc(CN2CCN(C(=O)CCl)CC2)c1. The standard InChI is InChI=1S/C14H19ClN2O2/c1-19-13-4-2-3-12(9-13)11-16-5-7-17(8-6-16)14(18)10-15/h2-4,9H,5-8,10-11H2,1H3. The third kappa shape index (κ3) is 3.85. The number of ether oxygens (including phenoxy) is 1. The van der Waals surface area contributed by atoms with Gasteiger partial charge in [-0.25, -0.2) is 0 Å². The lowest BCUT2D eigenvalue weighted by molar-refractivity contribution is -0.130. The maximum atomic E-state index is 11.5. The van der Waals surface area contributed by atoms with Crippen LogP contribution >= 0.6 is 11.6 Å². The van der Waals surface area contributed by atoms with E-state index in [1.807, 2.05) is 17.0 Å². The van der Waals surface area contributed by atoms with Gasteiger partial charge in [-0.1, -0.05) is 12.1 Å². The summed E-state index contributed by atoms with van der Waals surface area (Å²) >= 11 is 5.57. The van der Waals surface area contributed by atoms with Crippen LogP contribution in [0.25, 0.3) is 0 Å². The topological polar surface area (TPSA) is 32.8 Å². The minimum absolute atomic E-state index is 0.0303. The Bertz CT molecular complexity index is 431. The maximum Gasteiger partial charge on any atom is 0.237 e. The van der Waals surface area contributed by atoms with E-state index >= 15 is 0 Å². The largest absolute Gasteiger partial charge is 0.497 e. The van der Waals surface area contributed by atoms with Crippen LogP contribution in [0.3, 0.4) is 0 Å². The molecule has 1 aromatic carbocycles. The number of benzene rings is 1. The zero-order valence-corrected chi connectivity index (χ0v) is 11.9. The smallest absolute Gasteiger partial charge is 0.237 e. The van der Waals surface area contributed by atoms with Gasteiger partial charge in [-0.05, 0) is 17.7 Å². The highest BCUT2D eigenvalue weighted by Gasteiger charge is 2.20. The van der Waals surface area contributed by atoms with Gasteiger partial charge in [0.25, 0.3) is 0 Å². The van der Waals surface area contributed by atoms with E-state index in [0.29, 0.717) is 0 Å². The molecule has 1 amide bonds. The molecule has 0 saturated carbocycles. The summed E-state index contributed by atoms with van der Waals surface area (Å²) in [5, 5.41) is 0. The molecular formula is C14H19ClN2O2. The molecule has 1 heterocycles. The van der Waals surface area contributed by atoms with E-state index in [-0.39, 0.29) is 11.8 Å². The third-order valence-electron chi connectivity index (χ3n) is 3.38. The maximum absolute atomic E-state index is 11.5. The Hall–Kier alpha value is -1.26. The molecule has 0 radical (unpaired) electrons. The lowest BCUT2D eigenvalue weighted by Gasteiger charge is -2.34. The van der Waals surface area contributed by atoms with E-state index < -0.39 is 0 Å². The number of halogens is 1. The second-order valence-corrected chi connectivity index (χ2v) is 4.91. The molecule has 4 nitrogen and oxygen atoms in total. The summed E-state index contributed by atoms with van der Waals surface area (Å²) < 4.78 is 5.22. The van der Waals surface area contributed by atoms with Crippen molar-refractivity contribution in [2.75, 3.05) is 39.2 Å². The summed E-state index contributed by atoms with van der Waals surface area (Å²) in [6.07, 6.45) is 0. The summed E-state index contributed by atoms with van der Waals surface area (Å²) in [7, 11) is 1.68. The molecule has 0 aromatic heterocycles. The van der Waals surface area contributed by atoms with Crippen molar-refractivity contribution >= 4 is 17.5 Å². The summed E-state index contributed by atoms with van der Waals surface area (Å²) in [5.74, 6) is 0.992. The predicted octanol–water partition coefficient (Wildman–Crippen LogP) is 1.58. The van der Waals surface area contributed by atoms with Crippen molar-refractivity contribution in [3.8, 4) is 5.75 Å². The van der Waals surface area contributed by atoms with Crippen molar-refractivity contribution < 1.29 is 9.53 Å². The second kappa shape index (κ2) is 6.78. The van der Waals surface area contributed by atoms with Gasteiger partial charge in [0, 0.05) is 32.7 Å². The molecule has 5 heteroatoms. The second-order valence-electron chi connectivity index (χ2n) is 4.64. The van der Waals surface area contributed by atoms with E-state index in [1.54, 1.807) is 7.11 Å². The predicted molar refractivity (Wildman–Crippen MR) is 75.6 cm³/mol. The Morgan fingerprint density at radius 3 is 2.68 bits per heavy atom. The van der Waals surface area contributed by atoms with Gasteiger partial charge in [-0.15, -0.1) is 11.6 Å². The van der Waals surface area contributed by atoms with Crippen molar-refractivity contribution in [2.45, 2.75) is 6.54 Å². The Labute approximate surface area is 118 Å². The first-order valence-electron chi connectivity index (χ1n) is 6.42. The summed E-state index contributed by atoms with van der Waals surface area (Å²) in [5.41, 5.74) is 1.23. The fraction of sp³-hybridized carbons (Fsp3) is 0.500. The van der Waals surface area contributed by atoms with Crippen LogP contribution < -0.4 is 4.74 Å². The fourth-order valence-electron chi connectivity index (χ4n) is 2.27. The monoisotopic (exact) mass is 282 g/mol. The number of rotatable bonds is 4. The molecule has 0 aliphatic carbocycles. The van der Waals surface area contributed by atoms with Crippen LogP contribution in [0.1, 0.15) is 5.56 Å². The lowest BCUT2D eigenvalue weighted by atomic mass is 10.2. The van der Waals surface area contributed by atoms with Crippen LogP contribution in [0.4, 0.5) is 0 Å². The molecular weight excluding hydrogens is 264 g/mol. The van der Waals surface area contributed by atoms with E-state index in [1.165, 1.54) is 5.56 Å². The molecule has 1 fully saturated rings. The highest BCUT2D eigenvalue weighted by molar-refractivity contribution is 6.27. The highest BCUT2D eigenvalue weighted by Crippen LogP contribution is 2.15. The number of hydrogen-bond donors (Lipinski definition) is 0. The van der Waals surface area contributed by atoms with Crippen molar-refractivity contribution in [1.82, 2.24) is 9.80 Å². The number of piperazine rings is 1. The van der Waals surface area contributed by atoms with Crippen molar-refractivity contribution in [3.63, 3.8) is 0 Å². The van der Waals surface area contributed by atoms with Crippen molar-refractivity contribution in [2.24, 2.45) is 0 Å². The zero-order valence-electron chi connectivity index (χ0n) is 11.1. The minimum atomic E-state index is 0.0303. The molecule has 1 saturated heterocycles. The van der Waals surface area contributed by atoms with Gasteiger partial charge >= 0.3 is 0 Å². The number of alkyl halides is 1. The zero-order chi connectivity index (χ0) is 13.7. The van der Waals surface area contributed by atoms with Gasteiger partial charge < -0.3 is 9.64 Å². The van der Waals surface area contributed by atoms with Crippen LogP contribution in [-0.2, 0) is 11.3 Å². The molecule has 0 atom stereocenters. The molecule has 0 bridgehead atoms. The van der Waals surface area contributed by atoms with Crippen LogP contribution in [0.5, 0.6) is 5.75 Å². The van der Waals surface area contributed by atoms with E-state index in [4.69, 9.17) is 16.3 Å². The Kier molecular flexibility index (Phi) is 5.05. The number of methoxy groups -OCH3 is 1. The number of carbonyl (C=O) groups is 1. The van der Waals surface area contributed by atoms with E-state index in [0.717, 1.165) is 38.5 Å². The summed E-state index contributed by atoms with van der Waals surface area (Å²) in [6.45, 7) is 4.19. The van der Waals surface area contributed by atoms with Gasteiger partial charge in [0.05, 0.1) is 7.11 Å². The molecule has 0 N–H and O–H groups in total. The quantitative estimate of drug-likeness (QED) is 0.786. The molecule has 0 spiro atoms. The van der Waals surface area contributed by atoms with Crippen molar-refractivity contribution in [3.05, 3.63) is 29.8 Å². The molecule has 1 aromatic rings. The highest BCUT2D eigenvalue weighted by atomic mass is 35.5. The van der Waals surface area contributed by atoms with Crippen LogP contribution in [0.15, 0.2) is 24.3 Å². The van der Waals surface area contributed by atoms with Gasteiger partial charge in [0.2, 0.25) is 5.91 Å². The number of nitrogens with zero attached hydrogens (tertiary/aromatic N) is 2. The van der Waals surface area contributed by atoms with Crippen molar-refractivity contribution in [1.29, 1.82) is 0 Å². The average Bonchev–Trinajstić information content (AvgIpc) is 2.47. The van der Waals surface area contributed by atoms with Gasteiger partial charge in [-0.3, -0.25) is 9.69 Å². The number of carbonyl (C=O) groups excluding carboxylic acids is 1. The minimum Gasteiger partial charge on any atom is -0.497 e. The van der Waals surface area contributed by atoms with Crippen LogP contribution in [0, 0.1) is 0 Å². The molecule has 0 unspecified atom stereocenters. The van der Waals surface area contributed by atoms with Gasteiger partial charge in [0.15, 0.2) is 0 Å². The lowest BCUT2D eigenvalue weighted by Crippen LogP contribution is -2.48. The molecule has 1 aliphatic rings. The first-order chi connectivity index (χ1) is 9.22. The average molecular weight is 283 g/mol. The Balaban J connectivity index is 1.86.